The maximum absolute atomic E-state index is 12.2. The van der Waals surface area contributed by atoms with E-state index >= 15 is 0 Å². The van der Waals surface area contributed by atoms with E-state index in [1.807, 2.05) is 18.8 Å². The van der Waals surface area contributed by atoms with Crippen LogP contribution in [0.4, 0.5) is 0 Å². The molecule has 30 heavy (non-hydrogen) atoms. The van der Waals surface area contributed by atoms with E-state index < -0.39 is 43.5 Å². The molecular weight excluding hydrogens is 399 g/mol. The molecule has 160 valence electrons. The first kappa shape index (κ1) is 22.0. The third-order valence-electron chi connectivity index (χ3n) is 4.80. The van der Waals surface area contributed by atoms with Crippen LogP contribution in [-0.4, -0.2) is 77.1 Å². The van der Waals surface area contributed by atoms with Crippen LogP contribution in [0, 0.1) is 13.8 Å². The number of nitrogens with one attached hydrogen (secondary N) is 1. The van der Waals surface area contributed by atoms with Gasteiger partial charge in [0.15, 0.2) is 11.5 Å². The fourth-order valence-electron chi connectivity index (χ4n) is 3.07. The summed E-state index contributed by atoms with van der Waals surface area (Å²) in [6.07, 6.45) is -4.97. The number of aromatic nitrogens is 4. The van der Waals surface area contributed by atoms with Crippen LogP contribution in [0.15, 0.2) is 21.7 Å². The highest BCUT2D eigenvalue weighted by atomic mass is 16.6. The van der Waals surface area contributed by atoms with Gasteiger partial charge in [0.05, 0.1) is 24.2 Å². The highest BCUT2D eigenvalue weighted by molar-refractivity contribution is 6.32. The summed E-state index contributed by atoms with van der Waals surface area (Å²) >= 11 is 0. The molecule has 1 aromatic rings. The Labute approximate surface area is 169 Å². The van der Waals surface area contributed by atoms with Gasteiger partial charge in [-0.2, -0.15) is 4.98 Å². The highest BCUT2D eigenvalue weighted by Gasteiger charge is 2.29. The molecular formula is C17H21BN4O8. The van der Waals surface area contributed by atoms with Gasteiger partial charge >= 0.3 is 13.0 Å². The van der Waals surface area contributed by atoms with E-state index in [0.717, 1.165) is 11.1 Å². The largest absolute Gasteiger partial charge is 0.633 e. The molecule has 0 amide bonds. The quantitative estimate of drug-likeness (QED) is 0.173. The van der Waals surface area contributed by atoms with Crippen molar-refractivity contribution in [2.45, 2.75) is 38.7 Å². The average Bonchev–Trinajstić information content (AvgIpc) is 2.67. The number of hydrogen-bond donors (Lipinski definition) is 6. The molecule has 12 nitrogen and oxygen atoms in total. The van der Waals surface area contributed by atoms with Crippen LogP contribution < -0.4 is 11.2 Å². The minimum Gasteiger partial charge on any atom is -0.402 e. The Morgan fingerprint density at radius 1 is 1.10 bits per heavy atom. The molecule has 3 rings (SSSR count). The fourth-order valence-corrected chi connectivity index (χ4v) is 3.07. The zero-order chi connectivity index (χ0) is 22.2. The van der Waals surface area contributed by atoms with Crippen molar-refractivity contribution in [3.05, 3.63) is 44.1 Å². The lowest BCUT2D eigenvalue weighted by molar-refractivity contribution is -0.0810. The molecule has 2 aliphatic rings. The molecule has 0 aromatic heterocycles. The van der Waals surface area contributed by atoms with Crippen LogP contribution in [0.3, 0.4) is 0 Å². The zero-order valence-corrected chi connectivity index (χ0v) is 16.2. The molecule has 1 aromatic carbocycles. The molecule has 2 aliphatic heterocycles. The molecule has 0 spiro atoms. The molecule has 0 radical (unpaired) electrons. The molecule has 2 heterocycles. The number of aliphatic hydroxyl groups excluding tert-OH is 3. The molecule has 0 saturated heterocycles. The summed E-state index contributed by atoms with van der Waals surface area (Å²) in [4.78, 5) is 34.1. The molecule has 3 unspecified atom stereocenters. The maximum atomic E-state index is 12.2. The predicted octanol–water partition coefficient (Wildman–Crippen LogP) is -2.73. The molecule has 6 N–H and O–H groups in total. The van der Waals surface area contributed by atoms with Crippen molar-refractivity contribution in [2.24, 2.45) is 0 Å². The van der Waals surface area contributed by atoms with Crippen molar-refractivity contribution in [2.75, 3.05) is 6.61 Å². The normalized spacial score (nSPS) is 14.8. The number of rotatable bonds is 7. The van der Waals surface area contributed by atoms with Gasteiger partial charge in [0.1, 0.15) is 18.3 Å². The fraction of sp³-hybridized carbons (Fsp3) is 0.412. The van der Waals surface area contributed by atoms with Crippen molar-refractivity contribution in [1.82, 2.24) is 19.5 Å². The van der Waals surface area contributed by atoms with E-state index in [0.29, 0.717) is 11.0 Å². The van der Waals surface area contributed by atoms with Gasteiger partial charge in [0, 0.05) is 0 Å². The van der Waals surface area contributed by atoms with Crippen LogP contribution in [-0.2, 0) is 11.2 Å². The van der Waals surface area contributed by atoms with Crippen LogP contribution in [0.2, 0.25) is 0 Å². The number of aromatic amines is 1. The molecule has 0 saturated carbocycles. The van der Waals surface area contributed by atoms with Crippen molar-refractivity contribution < 1.29 is 30.0 Å². The smallest absolute Gasteiger partial charge is 0.402 e. The van der Waals surface area contributed by atoms with Crippen LogP contribution in [0.5, 0.6) is 0 Å². The Hall–Kier alpha value is -2.68. The van der Waals surface area contributed by atoms with Crippen molar-refractivity contribution in [1.29, 1.82) is 0 Å². The SMILES string of the molecule is Cc1cc2nc3c(=O)[nH]c(=O)nc-3n(CC(O)C(O)C(O)COB(O)O)c2cc1C. The Kier molecular flexibility index (Phi) is 6.31. The van der Waals surface area contributed by atoms with Gasteiger partial charge < -0.3 is 34.6 Å². The van der Waals surface area contributed by atoms with Crippen molar-refractivity contribution in [3.63, 3.8) is 0 Å². The highest BCUT2D eigenvalue weighted by Crippen LogP contribution is 2.24. The second kappa shape index (κ2) is 8.59. The van der Waals surface area contributed by atoms with Crippen molar-refractivity contribution in [3.8, 4) is 11.5 Å². The van der Waals surface area contributed by atoms with Gasteiger partial charge in [0.2, 0.25) is 0 Å². The standard InChI is InChI=1S/C17H21BN4O8/c1-7-3-9-10(4-8(7)2)22(15-13(19-9)16(26)21-17(27)20-15)5-11(23)14(25)12(24)6-30-18(28)29/h3-4,11-12,14,23-25,28-29H,5-6H2,1-2H3,(H,21,26,27). The third kappa shape index (κ3) is 4.40. The summed E-state index contributed by atoms with van der Waals surface area (Å²) in [7, 11) is -2.15. The van der Waals surface area contributed by atoms with Crippen LogP contribution in [0.1, 0.15) is 11.1 Å². The zero-order valence-electron chi connectivity index (χ0n) is 16.2. The van der Waals surface area contributed by atoms with Gasteiger partial charge in [-0.1, -0.05) is 0 Å². The summed E-state index contributed by atoms with van der Waals surface area (Å²) < 4.78 is 5.76. The Balaban J connectivity index is 2.09. The summed E-state index contributed by atoms with van der Waals surface area (Å²) in [6.45, 7) is 2.70. The molecule has 0 bridgehead atoms. The first-order chi connectivity index (χ1) is 14.1. The number of aryl methyl sites for hydroxylation is 2. The first-order valence-corrected chi connectivity index (χ1v) is 9.02. The van der Waals surface area contributed by atoms with Gasteiger partial charge in [-0.05, 0) is 37.1 Å². The van der Waals surface area contributed by atoms with E-state index in [1.165, 1.54) is 4.57 Å². The minimum atomic E-state index is -2.15. The lowest BCUT2D eigenvalue weighted by atomic mass is 10.1. The second-order valence-corrected chi connectivity index (χ2v) is 6.98. The summed E-state index contributed by atoms with van der Waals surface area (Å²) in [5.74, 6) is -0.0951. The van der Waals surface area contributed by atoms with Crippen molar-refractivity contribution >= 4 is 18.4 Å². The van der Waals surface area contributed by atoms with Crippen LogP contribution >= 0.6 is 0 Å². The molecule has 13 heteroatoms. The Morgan fingerprint density at radius 2 is 1.77 bits per heavy atom. The van der Waals surface area contributed by atoms with E-state index in [1.54, 1.807) is 12.1 Å². The minimum absolute atomic E-state index is 0.0951. The predicted molar refractivity (Wildman–Crippen MR) is 105 cm³/mol. The topological polar surface area (TPSA) is 191 Å². The molecule has 3 atom stereocenters. The van der Waals surface area contributed by atoms with E-state index in [9.17, 15) is 24.9 Å². The summed E-state index contributed by atoms with van der Waals surface area (Å²) in [5.41, 5.74) is 0.869. The maximum Gasteiger partial charge on any atom is 0.633 e. The van der Waals surface area contributed by atoms with E-state index in [2.05, 4.69) is 14.6 Å². The van der Waals surface area contributed by atoms with Gasteiger partial charge in [-0.25, -0.2) is 9.78 Å². The average molecular weight is 420 g/mol. The molecule has 0 fully saturated rings. The second-order valence-electron chi connectivity index (χ2n) is 6.98. The van der Waals surface area contributed by atoms with Crippen LogP contribution in [0.25, 0.3) is 22.6 Å². The number of hydrogen-bond acceptors (Lipinski definition) is 10. The third-order valence-corrected chi connectivity index (χ3v) is 4.80. The number of H-pyrrole nitrogens is 1. The first-order valence-electron chi connectivity index (χ1n) is 9.02. The van der Waals surface area contributed by atoms with Gasteiger partial charge in [-0.3, -0.25) is 9.78 Å². The number of benzene rings is 1. The number of aliphatic hydroxyl groups is 3. The number of fused-ring (bicyclic) bond motifs is 2. The monoisotopic (exact) mass is 420 g/mol. The number of nitrogens with zero attached hydrogens (tertiary/aromatic N) is 3. The molecule has 0 aliphatic carbocycles. The summed E-state index contributed by atoms with van der Waals surface area (Å²) in [5, 5.41) is 47.9. The Morgan fingerprint density at radius 3 is 2.43 bits per heavy atom. The van der Waals surface area contributed by atoms with Gasteiger partial charge in [-0.15, -0.1) is 0 Å². The Bertz CT molecular complexity index is 1150. The summed E-state index contributed by atoms with van der Waals surface area (Å²) in [6, 6.07) is 3.48. The lowest BCUT2D eigenvalue weighted by Crippen LogP contribution is -2.43. The lowest BCUT2D eigenvalue weighted by Gasteiger charge is -2.26. The van der Waals surface area contributed by atoms with E-state index in [4.69, 9.17) is 10.0 Å². The van der Waals surface area contributed by atoms with E-state index in [-0.39, 0.29) is 18.1 Å². The van der Waals surface area contributed by atoms with Gasteiger partial charge in [0.25, 0.3) is 5.56 Å².